The summed E-state index contributed by atoms with van der Waals surface area (Å²) in [6.07, 6.45) is 4.06. The monoisotopic (exact) mass is 154 g/mol. The Morgan fingerprint density at radius 3 is 2.36 bits per heavy atom. The summed E-state index contributed by atoms with van der Waals surface area (Å²) in [5, 5.41) is 9.12. The van der Waals surface area contributed by atoms with Gasteiger partial charge < -0.3 is 5.11 Å². The third kappa shape index (κ3) is 0.868. The first-order valence-electron chi connectivity index (χ1n) is 4.77. The summed E-state index contributed by atoms with van der Waals surface area (Å²) in [6, 6.07) is 0. The summed E-state index contributed by atoms with van der Waals surface area (Å²) < 4.78 is 0. The summed E-state index contributed by atoms with van der Waals surface area (Å²) in [4.78, 5) is 0. The summed E-state index contributed by atoms with van der Waals surface area (Å²) >= 11 is 0. The van der Waals surface area contributed by atoms with Crippen LogP contribution in [0.1, 0.15) is 33.1 Å². The van der Waals surface area contributed by atoms with Gasteiger partial charge in [-0.25, -0.2) is 0 Å². The highest BCUT2D eigenvalue weighted by molar-refractivity contribution is 5.01. The van der Waals surface area contributed by atoms with E-state index in [0.717, 1.165) is 11.8 Å². The molecule has 64 valence electrons. The van der Waals surface area contributed by atoms with E-state index in [1.165, 1.54) is 19.3 Å². The molecule has 0 amide bonds. The van der Waals surface area contributed by atoms with E-state index in [0.29, 0.717) is 17.9 Å². The van der Waals surface area contributed by atoms with Crippen molar-refractivity contribution < 1.29 is 5.11 Å². The fraction of sp³-hybridized carbons (Fsp3) is 1.00. The zero-order chi connectivity index (χ0) is 8.06. The Balaban J connectivity index is 2.19. The van der Waals surface area contributed by atoms with E-state index >= 15 is 0 Å². The van der Waals surface area contributed by atoms with Gasteiger partial charge in [-0.05, 0) is 42.4 Å². The number of aliphatic hydroxyl groups is 1. The lowest BCUT2D eigenvalue weighted by molar-refractivity contribution is 0.155. The first-order chi connectivity index (χ1) is 5.16. The quantitative estimate of drug-likeness (QED) is 0.613. The molecule has 2 aliphatic rings. The van der Waals surface area contributed by atoms with Crippen LogP contribution >= 0.6 is 0 Å². The van der Waals surface area contributed by atoms with Gasteiger partial charge in [0.1, 0.15) is 0 Å². The van der Waals surface area contributed by atoms with Crippen molar-refractivity contribution in [1.82, 2.24) is 0 Å². The SMILES string of the molecule is CC1(C)[C@H]2CC[C@H]1[C@H](CO)C2. The highest BCUT2D eigenvalue weighted by atomic mass is 16.3. The molecule has 0 aromatic heterocycles. The Bertz CT molecular complexity index is 162. The molecule has 2 saturated carbocycles. The maximum Gasteiger partial charge on any atom is 0.0462 e. The number of aliphatic hydroxyl groups excluding tert-OH is 1. The Morgan fingerprint density at radius 2 is 2.09 bits per heavy atom. The normalized spacial score (nSPS) is 46.6. The first kappa shape index (κ1) is 7.60. The van der Waals surface area contributed by atoms with E-state index in [4.69, 9.17) is 5.11 Å². The maximum atomic E-state index is 9.12. The predicted octanol–water partition coefficient (Wildman–Crippen LogP) is 2.05. The van der Waals surface area contributed by atoms with Crippen molar-refractivity contribution in [3.63, 3.8) is 0 Å². The molecule has 2 fully saturated rings. The van der Waals surface area contributed by atoms with E-state index in [-0.39, 0.29) is 0 Å². The van der Waals surface area contributed by atoms with Crippen LogP contribution in [0.2, 0.25) is 0 Å². The number of fused-ring (bicyclic) bond motifs is 2. The van der Waals surface area contributed by atoms with E-state index in [9.17, 15) is 0 Å². The van der Waals surface area contributed by atoms with Crippen LogP contribution in [0.15, 0.2) is 0 Å². The van der Waals surface area contributed by atoms with Gasteiger partial charge in [0, 0.05) is 6.61 Å². The van der Waals surface area contributed by atoms with Crippen LogP contribution in [0.25, 0.3) is 0 Å². The van der Waals surface area contributed by atoms with Crippen LogP contribution in [0.5, 0.6) is 0 Å². The lowest BCUT2D eigenvalue weighted by Gasteiger charge is -2.25. The van der Waals surface area contributed by atoms with E-state index in [1.54, 1.807) is 0 Å². The van der Waals surface area contributed by atoms with Crippen molar-refractivity contribution in [1.29, 1.82) is 0 Å². The molecule has 3 atom stereocenters. The van der Waals surface area contributed by atoms with Gasteiger partial charge in [0.2, 0.25) is 0 Å². The minimum atomic E-state index is 0.421. The van der Waals surface area contributed by atoms with E-state index in [1.807, 2.05) is 0 Å². The van der Waals surface area contributed by atoms with Crippen molar-refractivity contribution in [3.05, 3.63) is 0 Å². The standard InChI is InChI=1S/C10H18O/c1-10(2)8-3-4-9(10)7(5-8)6-11/h7-9,11H,3-6H2,1-2H3/t7-,8-,9-/m0/s1. The van der Waals surface area contributed by atoms with Crippen LogP contribution in [-0.4, -0.2) is 11.7 Å². The minimum Gasteiger partial charge on any atom is -0.396 e. The molecule has 1 nitrogen and oxygen atoms in total. The van der Waals surface area contributed by atoms with Crippen molar-refractivity contribution >= 4 is 0 Å². The highest BCUT2D eigenvalue weighted by Gasteiger charge is 2.52. The molecule has 0 spiro atoms. The van der Waals surface area contributed by atoms with Gasteiger partial charge in [0.05, 0.1) is 0 Å². The van der Waals surface area contributed by atoms with Gasteiger partial charge in [0.25, 0.3) is 0 Å². The lowest BCUT2D eigenvalue weighted by Crippen LogP contribution is -2.21. The number of hydrogen-bond donors (Lipinski definition) is 1. The van der Waals surface area contributed by atoms with Gasteiger partial charge in [-0.1, -0.05) is 13.8 Å². The summed E-state index contributed by atoms with van der Waals surface area (Å²) in [6.45, 7) is 5.18. The molecule has 0 unspecified atom stereocenters. The Labute approximate surface area is 68.8 Å². The van der Waals surface area contributed by atoms with Crippen molar-refractivity contribution in [3.8, 4) is 0 Å². The molecule has 1 heteroatoms. The third-order valence-electron chi connectivity index (χ3n) is 4.22. The molecule has 0 aromatic rings. The summed E-state index contributed by atoms with van der Waals surface area (Å²) in [5.74, 6) is 2.35. The van der Waals surface area contributed by atoms with Crippen LogP contribution in [-0.2, 0) is 0 Å². The van der Waals surface area contributed by atoms with E-state index < -0.39 is 0 Å². The lowest BCUT2D eigenvalue weighted by atomic mass is 9.80. The van der Waals surface area contributed by atoms with Crippen molar-refractivity contribution in [2.75, 3.05) is 6.61 Å². The number of hydrogen-bond acceptors (Lipinski definition) is 1. The molecule has 0 radical (unpaired) electrons. The fourth-order valence-corrected chi connectivity index (χ4v) is 3.42. The largest absolute Gasteiger partial charge is 0.396 e. The molecule has 0 saturated heterocycles. The van der Waals surface area contributed by atoms with Crippen LogP contribution in [0.3, 0.4) is 0 Å². The molecular formula is C10H18O. The molecule has 11 heavy (non-hydrogen) atoms. The van der Waals surface area contributed by atoms with E-state index in [2.05, 4.69) is 13.8 Å². The predicted molar refractivity (Wildman–Crippen MR) is 45.2 cm³/mol. The second-order valence-electron chi connectivity index (χ2n) is 4.88. The topological polar surface area (TPSA) is 20.2 Å². The summed E-state index contributed by atoms with van der Waals surface area (Å²) in [5.41, 5.74) is 0.535. The average Bonchev–Trinajstić information content (AvgIpc) is 2.40. The molecule has 0 aliphatic heterocycles. The second kappa shape index (κ2) is 2.22. The molecule has 0 aromatic carbocycles. The average molecular weight is 154 g/mol. The molecular weight excluding hydrogens is 136 g/mol. The molecule has 2 bridgehead atoms. The van der Waals surface area contributed by atoms with Gasteiger partial charge in [0.15, 0.2) is 0 Å². The minimum absolute atomic E-state index is 0.421. The molecule has 2 aliphatic carbocycles. The van der Waals surface area contributed by atoms with Crippen LogP contribution in [0, 0.1) is 23.2 Å². The van der Waals surface area contributed by atoms with Gasteiger partial charge >= 0.3 is 0 Å². The third-order valence-corrected chi connectivity index (χ3v) is 4.22. The zero-order valence-electron chi connectivity index (χ0n) is 7.51. The smallest absolute Gasteiger partial charge is 0.0462 e. The molecule has 0 heterocycles. The maximum absolute atomic E-state index is 9.12. The molecule has 2 rings (SSSR count). The Morgan fingerprint density at radius 1 is 1.36 bits per heavy atom. The first-order valence-corrected chi connectivity index (χ1v) is 4.77. The van der Waals surface area contributed by atoms with Crippen molar-refractivity contribution in [2.45, 2.75) is 33.1 Å². The second-order valence-corrected chi connectivity index (χ2v) is 4.88. The van der Waals surface area contributed by atoms with Gasteiger partial charge in [-0.2, -0.15) is 0 Å². The van der Waals surface area contributed by atoms with Gasteiger partial charge in [-0.3, -0.25) is 0 Å². The Hall–Kier alpha value is -0.0400. The van der Waals surface area contributed by atoms with Crippen molar-refractivity contribution in [2.24, 2.45) is 23.2 Å². The Kier molecular flexibility index (Phi) is 1.54. The fourth-order valence-electron chi connectivity index (χ4n) is 3.42. The van der Waals surface area contributed by atoms with Crippen LogP contribution < -0.4 is 0 Å². The molecule has 1 N–H and O–H groups in total. The number of rotatable bonds is 1. The van der Waals surface area contributed by atoms with Crippen LogP contribution in [0.4, 0.5) is 0 Å². The zero-order valence-corrected chi connectivity index (χ0v) is 7.51. The summed E-state index contributed by atoms with van der Waals surface area (Å²) in [7, 11) is 0. The van der Waals surface area contributed by atoms with Gasteiger partial charge in [-0.15, -0.1) is 0 Å². The highest BCUT2D eigenvalue weighted by Crippen LogP contribution is 2.59.